The molecule has 1 aromatic heterocycles. The quantitative estimate of drug-likeness (QED) is 0.727. The van der Waals surface area contributed by atoms with Crippen LogP contribution in [0, 0.1) is 5.82 Å². The first-order chi connectivity index (χ1) is 11.4. The number of nitrogens with two attached hydrogens (primary N) is 1. The fourth-order valence-corrected chi connectivity index (χ4v) is 3.06. The maximum Gasteiger partial charge on any atom is 0.389 e. The lowest BCUT2D eigenvalue weighted by Gasteiger charge is -2.04. The topological polar surface area (TPSA) is 99.6 Å². The van der Waals surface area contributed by atoms with Gasteiger partial charge in [-0.2, -0.15) is 8.42 Å². The highest BCUT2D eigenvalue weighted by molar-refractivity contribution is 7.87. The zero-order valence-electron chi connectivity index (χ0n) is 12.2. The Hall–Kier alpha value is -2.71. The lowest BCUT2D eigenvalue weighted by molar-refractivity contribution is 0.0715. The minimum Gasteiger partial charge on any atom is -0.449 e. The first kappa shape index (κ1) is 16.2. The summed E-state index contributed by atoms with van der Waals surface area (Å²) in [6, 6.07) is 11.0. The van der Waals surface area contributed by atoms with Gasteiger partial charge in [-0.05, 0) is 29.8 Å². The zero-order valence-corrected chi connectivity index (χ0v) is 13.0. The molecule has 6 nitrogen and oxygen atoms in total. The van der Waals surface area contributed by atoms with Crippen LogP contribution in [0.3, 0.4) is 0 Å². The van der Waals surface area contributed by atoms with Gasteiger partial charge in [-0.3, -0.25) is 0 Å². The number of hydrogen-bond acceptors (Lipinski definition) is 6. The van der Waals surface area contributed by atoms with Gasteiger partial charge in [0.15, 0.2) is 0 Å². The summed E-state index contributed by atoms with van der Waals surface area (Å²) < 4.78 is 47.4. The van der Waals surface area contributed by atoms with E-state index in [1.807, 2.05) is 0 Å². The molecule has 0 radical (unpaired) electrons. The van der Waals surface area contributed by atoms with Crippen molar-refractivity contribution in [3.05, 3.63) is 65.7 Å². The van der Waals surface area contributed by atoms with Gasteiger partial charge in [0.1, 0.15) is 16.3 Å². The molecule has 124 valence electrons. The van der Waals surface area contributed by atoms with E-state index in [0.717, 1.165) is 17.7 Å². The molecular formula is C16H12FNO5S. The Morgan fingerprint density at radius 1 is 1.17 bits per heavy atom. The second-order valence-electron chi connectivity index (χ2n) is 4.94. The van der Waals surface area contributed by atoms with Gasteiger partial charge in [-0.15, -0.1) is 0 Å². The average molecular weight is 349 g/mol. The molecule has 0 spiro atoms. The first-order valence-corrected chi connectivity index (χ1v) is 8.27. The minimum absolute atomic E-state index is 0.290. The monoisotopic (exact) mass is 349 g/mol. The van der Waals surface area contributed by atoms with E-state index in [9.17, 15) is 17.6 Å². The highest BCUT2D eigenvalue weighted by Crippen LogP contribution is 2.23. The van der Waals surface area contributed by atoms with E-state index in [1.54, 1.807) is 18.2 Å². The molecule has 2 aromatic carbocycles. The Balaban J connectivity index is 1.91. The molecule has 0 amide bonds. The highest BCUT2D eigenvalue weighted by atomic mass is 32.2. The third-order valence-electron chi connectivity index (χ3n) is 3.31. The average Bonchev–Trinajstić information content (AvgIpc) is 2.97. The summed E-state index contributed by atoms with van der Waals surface area (Å²) in [5, 5.41) is 0.586. The second-order valence-corrected chi connectivity index (χ2v) is 6.46. The molecule has 0 unspecified atom stereocenters. The molecule has 0 aliphatic heterocycles. The van der Waals surface area contributed by atoms with Crippen LogP contribution in [-0.2, 0) is 20.8 Å². The van der Waals surface area contributed by atoms with Crippen molar-refractivity contribution in [2.45, 2.75) is 11.4 Å². The molecule has 2 N–H and O–H groups in total. The first-order valence-electron chi connectivity index (χ1n) is 6.86. The van der Waals surface area contributed by atoms with Crippen LogP contribution >= 0.6 is 0 Å². The van der Waals surface area contributed by atoms with Gasteiger partial charge in [0.05, 0.1) is 0 Å². The zero-order chi connectivity index (χ0) is 17.3. The maximum atomic E-state index is 13.6. The molecule has 3 aromatic rings. The van der Waals surface area contributed by atoms with Gasteiger partial charge < -0.3 is 14.3 Å². The van der Waals surface area contributed by atoms with Crippen LogP contribution in [0.25, 0.3) is 11.0 Å². The van der Waals surface area contributed by atoms with Crippen LogP contribution in [0.15, 0.2) is 57.8 Å². The van der Waals surface area contributed by atoms with E-state index in [2.05, 4.69) is 4.18 Å². The molecule has 0 saturated carbocycles. The summed E-state index contributed by atoms with van der Waals surface area (Å²) in [6.45, 7) is 0.290. The minimum atomic E-state index is -4.59. The number of halogens is 1. The number of carbonyl (C=O) groups is 1. The van der Waals surface area contributed by atoms with E-state index in [0.29, 0.717) is 11.0 Å². The van der Waals surface area contributed by atoms with Crippen molar-refractivity contribution in [2.24, 2.45) is 5.73 Å². The van der Waals surface area contributed by atoms with E-state index < -0.39 is 26.8 Å². The van der Waals surface area contributed by atoms with Gasteiger partial charge >= 0.3 is 16.1 Å². The SMILES string of the molecule is NCc1ccc2cc(C(=O)OS(=O)(=O)c3ccccc3F)oc2c1. The van der Waals surface area contributed by atoms with Crippen molar-refractivity contribution in [3.8, 4) is 0 Å². The predicted molar refractivity (Wildman–Crippen MR) is 83.1 cm³/mol. The lowest BCUT2D eigenvalue weighted by Crippen LogP contribution is -2.14. The smallest absolute Gasteiger partial charge is 0.389 e. The Kier molecular flexibility index (Phi) is 4.08. The molecule has 0 aliphatic carbocycles. The standard InChI is InChI=1S/C16H12FNO5S/c17-12-3-1-2-4-15(12)24(20,21)23-16(19)14-8-11-6-5-10(9-18)7-13(11)22-14/h1-8H,9,18H2. The Labute approximate surface area is 136 Å². The predicted octanol–water partition coefficient (Wildman–Crippen LogP) is 2.58. The van der Waals surface area contributed by atoms with Crippen LogP contribution in [0.4, 0.5) is 4.39 Å². The van der Waals surface area contributed by atoms with Gasteiger partial charge in [0.2, 0.25) is 5.76 Å². The van der Waals surface area contributed by atoms with Crippen LogP contribution < -0.4 is 5.73 Å². The Morgan fingerprint density at radius 3 is 2.62 bits per heavy atom. The van der Waals surface area contributed by atoms with Gasteiger partial charge in [0, 0.05) is 11.9 Å². The molecular weight excluding hydrogens is 337 g/mol. The van der Waals surface area contributed by atoms with Crippen molar-refractivity contribution in [2.75, 3.05) is 0 Å². The number of furan rings is 1. The van der Waals surface area contributed by atoms with Crippen molar-refractivity contribution < 1.29 is 26.2 Å². The summed E-state index contributed by atoms with van der Waals surface area (Å²) in [6.07, 6.45) is 0. The molecule has 0 fully saturated rings. The summed E-state index contributed by atoms with van der Waals surface area (Å²) in [4.78, 5) is 11.3. The lowest BCUT2D eigenvalue weighted by atomic mass is 10.2. The van der Waals surface area contributed by atoms with Crippen molar-refractivity contribution in [1.82, 2.24) is 0 Å². The van der Waals surface area contributed by atoms with Crippen LogP contribution in [0.2, 0.25) is 0 Å². The highest BCUT2D eigenvalue weighted by Gasteiger charge is 2.26. The van der Waals surface area contributed by atoms with E-state index in [4.69, 9.17) is 10.2 Å². The Morgan fingerprint density at radius 2 is 1.92 bits per heavy atom. The molecule has 0 saturated heterocycles. The van der Waals surface area contributed by atoms with Gasteiger partial charge in [-0.25, -0.2) is 9.18 Å². The van der Waals surface area contributed by atoms with Crippen molar-refractivity contribution in [1.29, 1.82) is 0 Å². The normalized spacial score (nSPS) is 11.6. The number of hydrogen-bond donors (Lipinski definition) is 1. The number of rotatable bonds is 4. The van der Waals surface area contributed by atoms with Crippen LogP contribution in [-0.4, -0.2) is 14.4 Å². The van der Waals surface area contributed by atoms with E-state index >= 15 is 0 Å². The summed E-state index contributed by atoms with van der Waals surface area (Å²) in [5.74, 6) is -2.55. The van der Waals surface area contributed by atoms with Crippen LogP contribution in [0.5, 0.6) is 0 Å². The fraction of sp³-hybridized carbons (Fsp3) is 0.0625. The molecule has 24 heavy (non-hydrogen) atoms. The number of carbonyl (C=O) groups excluding carboxylic acids is 1. The number of benzene rings is 2. The Bertz CT molecular complexity index is 1030. The third kappa shape index (κ3) is 3.01. The number of fused-ring (bicyclic) bond motifs is 1. The summed E-state index contributed by atoms with van der Waals surface area (Å²) in [5.41, 5.74) is 6.68. The van der Waals surface area contributed by atoms with Gasteiger partial charge in [0.25, 0.3) is 0 Å². The molecule has 3 rings (SSSR count). The van der Waals surface area contributed by atoms with Crippen molar-refractivity contribution >= 4 is 27.1 Å². The van der Waals surface area contributed by atoms with E-state index in [1.165, 1.54) is 18.2 Å². The molecule has 0 bridgehead atoms. The van der Waals surface area contributed by atoms with Crippen LogP contribution in [0.1, 0.15) is 16.1 Å². The third-order valence-corrected chi connectivity index (χ3v) is 4.55. The molecule has 0 atom stereocenters. The summed E-state index contributed by atoms with van der Waals surface area (Å²) >= 11 is 0. The molecule has 0 aliphatic rings. The molecule has 8 heteroatoms. The summed E-state index contributed by atoms with van der Waals surface area (Å²) in [7, 11) is -4.59. The van der Waals surface area contributed by atoms with Gasteiger partial charge in [-0.1, -0.05) is 24.3 Å². The molecule has 1 heterocycles. The van der Waals surface area contributed by atoms with Crippen molar-refractivity contribution in [3.63, 3.8) is 0 Å². The largest absolute Gasteiger partial charge is 0.449 e. The maximum absolute atomic E-state index is 13.6. The second kappa shape index (κ2) is 6.06. The fourth-order valence-electron chi connectivity index (χ4n) is 2.14. The van der Waals surface area contributed by atoms with E-state index in [-0.39, 0.29) is 12.3 Å².